The van der Waals surface area contributed by atoms with Crippen LogP contribution in [0.5, 0.6) is 0 Å². The summed E-state index contributed by atoms with van der Waals surface area (Å²) in [5, 5.41) is 1.82. The molecule has 3 aromatic rings. The lowest BCUT2D eigenvalue weighted by Gasteiger charge is -2.13. The zero-order valence-electron chi connectivity index (χ0n) is 13.8. The number of hydrogen-bond donors (Lipinski definition) is 0. The van der Waals surface area contributed by atoms with Crippen molar-refractivity contribution in [2.45, 2.75) is 18.4 Å². The van der Waals surface area contributed by atoms with E-state index in [1.807, 2.05) is 12.3 Å². The van der Waals surface area contributed by atoms with E-state index < -0.39 is 10.0 Å². The van der Waals surface area contributed by atoms with Gasteiger partial charge in [-0.3, -0.25) is 14.0 Å². The molecule has 0 saturated carbocycles. The third-order valence-electron chi connectivity index (χ3n) is 3.70. The third kappa shape index (κ3) is 3.15. The maximum absolute atomic E-state index is 12.2. The van der Waals surface area contributed by atoms with Crippen LogP contribution >= 0.6 is 11.3 Å². The van der Waals surface area contributed by atoms with Gasteiger partial charge in [-0.05, 0) is 13.0 Å². The summed E-state index contributed by atoms with van der Waals surface area (Å²) in [5.74, 6) is 0. The average molecular weight is 380 g/mol. The molecule has 0 unspecified atom stereocenters. The molecule has 0 aliphatic rings. The minimum atomic E-state index is -3.66. The van der Waals surface area contributed by atoms with Gasteiger partial charge in [0, 0.05) is 43.5 Å². The Labute approximate surface area is 147 Å². The van der Waals surface area contributed by atoms with E-state index in [2.05, 4.69) is 4.98 Å². The first-order valence-corrected chi connectivity index (χ1v) is 9.62. The van der Waals surface area contributed by atoms with Crippen molar-refractivity contribution in [1.29, 1.82) is 0 Å². The largest absolute Gasteiger partial charge is 0.308 e. The number of sulfonamides is 1. The van der Waals surface area contributed by atoms with E-state index in [4.69, 9.17) is 0 Å². The first kappa shape index (κ1) is 17.5. The number of pyridine rings is 1. The summed E-state index contributed by atoms with van der Waals surface area (Å²) < 4.78 is 28.2. The van der Waals surface area contributed by atoms with Crippen molar-refractivity contribution in [3.05, 3.63) is 61.9 Å². The molecule has 3 aromatic heterocycles. The van der Waals surface area contributed by atoms with Crippen LogP contribution in [0.3, 0.4) is 0 Å². The van der Waals surface area contributed by atoms with Crippen LogP contribution in [0.25, 0.3) is 4.96 Å². The number of rotatable bonds is 4. The highest BCUT2D eigenvalue weighted by Gasteiger charge is 2.18. The summed E-state index contributed by atoms with van der Waals surface area (Å²) in [5.41, 5.74) is 0.583. The quantitative estimate of drug-likeness (QED) is 0.658. The van der Waals surface area contributed by atoms with Crippen molar-refractivity contribution in [1.82, 2.24) is 18.3 Å². The lowest BCUT2D eigenvalue weighted by atomic mass is 10.3. The fourth-order valence-corrected chi connectivity index (χ4v) is 4.17. The van der Waals surface area contributed by atoms with Gasteiger partial charge in [0.1, 0.15) is 0 Å². The molecule has 0 saturated heterocycles. The van der Waals surface area contributed by atoms with E-state index in [1.54, 1.807) is 0 Å². The Morgan fingerprint density at radius 3 is 2.60 bits per heavy atom. The second-order valence-electron chi connectivity index (χ2n) is 5.70. The standard InChI is InChI=1S/C15H16N4O4S2/c1-10-9-24-15-16-11(6-14(21)19(10)15)7-18-8-12(4-5-13(18)20)25(22,23)17(2)3/h4-6,8-9H,7H2,1-3H3. The summed E-state index contributed by atoms with van der Waals surface area (Å²) in [4.78, 5) is 29.2. The summed E-state index contributed by atoms with van der Waals surface area (Å²) in [6.45, 7) is 1.82. The number of nitrogens with zero attached hydrogens (tertiary/aromatic N) is 4. The van der Waals surface area contributed by atoms with Crippen molar-refractivity contribution < 1.29 is 8.42 Å². The van der Waals surface area contributed by atoms with Gasteiger partial charge in [-0.25, -0.2) is 17.7 Å². The normalized spacial score (nSPS) is 12.2. The first-order chi connectivity index (χ1) is 11.7. The fraction of sp³-hybridized carbons (Fsp3) is 0.267. The monoisotopic (exact) mass is 380 g/mol. The number of fused-ring (bicyclic) bond motifs is 1. The van der Waals surface area contributed by atoms with E-state index >= 15 is 0 Å². The molecule has 132 valence electrons. The van der Waals surface area contributed by atoms with Gasteiger partial charge >= 0.3 is 0 Å². The predicted molar refractivity (Wildman–Crippen MR) is 94.8 cm³/mol. The zero-order valence-corrected chi connectivity index (χ0v) is 15.5. The van der Waals surface area contributed by atoms with Crippen LogP contribution in [-0.4, -0.2) is 40.8 Å². The van der Waals surface area contributed by atoms with Gasteiger partial charge in [0.2, 0.25) is 10.0 Å². The zero-order chi connectivity index (χ0) is 18.4. The van der Waals surface area contributed by atoms with Gasteiger partial charge in [-0.1, -0.05) is 0 Å². The maximum atomic E-state index is 12.2. The van der Waals surface area contributed by atoms with E-state index in [0.29, 0.717) is 10.7 Å². The highest BCUT2D eigenvalue weighted by atomic mass is 32.2. The summed E-state index contributed by atoms with van der Waals surface area (Å²) in [6, 6.07) is 3.81. The van der Waals surface area contributed by atoms with Gasteiger partial charge in [0.05, 0.1) is 17.1 Å². The Hall–Kier alpha value is -2.30. The molecule has 0 N–H and O–H groups in total. The van der Waals surface area contributed by atoms with Gasteiger partial charge in [-0.15, -0.1) is 11.3 Å². The van der Waals surface area contributed by atoms with E-state index in [-0.39, 0.29) is 22.6 Å². The van der Waals surface area contributed by atoms with Crippen LogP contribution in [0, 0.1) is 6.92 Å². The van der Waals surface area contributed by atoms with Crippen molar-refractivity contribution in [3.8, 4) is 0 Å². The highest BCUT2D eigenvalue weighted by Crippen LogP contribution is 2.13. The van der Waals surface area contributed by atoms with Gasteiger partial charge in [0.15, 0.2) is 4.96 Å². The molecule has 0 radical (unpaired) electrons. The van der Waals surface area contributed by atoms with Crippen molar-refractivity contribution in [2.75, 3.05) is 14.1 Å². The number of aryl methyl sites for hydroxylation is 1. The maximum Gasteiger partial charge on any atom is 0.259 e. The van der Waals surface area contributed by atoms with E-state index in [9.17, 15) is 18.0 Å². The van der Waals surface area contributed by atoms with Crippen LogP contribution in [-0.2, 0) is 16.6 Å². The average Bonchev–Trinajstić information content (AvgIpc) is 2.90. The predicted octanol–water partition coefficient (Wildman–Crippen LogP) is 0.525. The molecule has 0 amide bonds. The summed E-state index contributed by atoms with van der Waals surface area (Å²) in [7, 11) is -0.825. The Morgan fingerprint density at radius 2 is 1.92 bits per heavy atom. The van der Waals surface area contributed by atoms with Crippen LogP contribution in [0.15, 0.2) is 44.3 Å². The summed E-state index contributed by atoms with van der Waals surface area (Å²) in [6.07, 6.45) is 1.26. The molecule has 0 aliphatic carbocycles. The molecular formula is C15H16N4O4S2. The Morgan fingerprint density at radius 1 is 1.20 bits per heavy atom. The van der Waals surface area contributed by atoms with Crippen LogP contribution in [0.1, 0.15) is 11.4 Å². The molecule has 25 heavy (non-hydrogen) atoms. The molecule has 0 bridgehead atoms. The van der Waals surface area contributed by atoms with E-state index in [1.165, 1.54) is 58.8 Å². The molecule has 0 aromatic carbocycles. The highest BCUT2D eigenvalue weighted by molar-refractivity contribution is 7.89. The molecule has 0 aliphatic heterocycles. The molecule has 3 rings (SSSR count). The lowest BCUT2D eigenvalue weighted by Crippen LogP contribution is -2.26. The van der Waals surface area contributed by atoms with Crippen molar-refractivity contribution >= 4 is 26.3 Å². The molecule has 0 atom stereocenters. The molecule has 0 fully saturated rings. The smallest absolute Gasteiger partial charge is 0.259 e. The van der Waals surface area contributed by atoms with E-state index in [0.717, 1.165) is 10.00 Å². The molecular weight excluding hydrogens is 364 g/mol. The fourth-order valence-electron chi connectivity index (χ4n) is 2.35. The number of aromatic nitrogens is 3. The van der Waals surface area contributed by atoms with Crippen LogP contribution < -0.4 is 11.1 Å². The first-order valence-electron chi connectivity index (χ1n) is 7.30. The Bertz CT molecular complexity index is 1170. The van der Waals surface area contributed by atoms with Crippen molar-refractivity contribution in [2.24, 2.45) is 0 Å². The molecule has 8 nitrogen and oxygen atoms in total. The van der Waals surface area contributed by atoms with Crippen LogP contribution in [0.4, 0.5) is 0 Å². The second kappa shape index (κ2) is 6.21. The second-order valence-corrected chi connectivity index (χ2v) is 8.69. The SMILES string of the molecule is Cc1csc2nc(Cn3cc(S(=O)(=O)N(C)C)ccc3=O)cc(=O)n12. The molecule has 3 heterocycles. The Kier molecular flexibility index (Phi) is 4.35. The van der Waals surface area contributed by atoms with Gasteiger partial charge < -0.3 is 4.57 Å². The minimum absolute atomic E-state index is 0.00173. The molecule has 0 spiro atoms. The third-order valence-corrected chi connectivity index (χ3v) is 6.44. The summed E-state index contributed by atoms with van der Waals surface area (Å²) >= 11 is 1.33. The number of hydrogen-bond acceptors (Lipinski definition) is 6. The van der Waals surface area contributed by atoms with Crippen molar-refractivity contribution in [3.63, 3.8) is 0 Å². The topological polar surface area (TPSA) is 93.8 Å². The minimum Gasteiger partial charge on any atom is -0.308 e. The number of thiazole rings is 1. The lowest BCUT2D eigenvalue weighted by molar-refractivity contribution is 0.519. The van der Waals surface area contributed by atoms with Gasteiger partial charge in [0.25, 0.3) is 11.1 Å². The molecule has 10 heteroatoms. The van der Waals surface area contributed by atoms with Crippen LogP contribution in [0.2, 0.25) is 0 Å². The Balaban J connectivity index is 2.07. The van der Waals surface area contributed by atoms with Gasteiger partial charge in [-0.2, -0.15) is 0 Å².